The van der Waals surface area contributed by atoms with Crippen molar-refractivity contribution < 1.29 is 4.79 Å². The molecule has 6 rings (SSSR count). The summed E-state index contributed by atoms with van der Waals surface area (Å²) in [5, 5.41) is 7.83. The zero-order chi connectivity index (χ0) is 25.2. The third kappa shape index (κ3) is 5.15. The van der Waals surface area contributed by atoms with E-state index in [-0.39, 0.29) is 12.0 Å². The summed E-state index contributed by atoms with van der Waals surface area (Å²) >= 11 is 3.58. The Kier molecular flexibility index (Phi) is 6.97. The van der Waals surface area contributed by atoms with Gasteiger partial charge in [-0.05, 0) is 80.7 Å². The number of pyridine rings is 1. The topological polar surface area (TPSA) is 80.0 Å². The summed E-state index contributed by atoms with van der Waals surface area (Å²) in [6.07, 6.45) is 9.05. The molecule has 1 aromatic carbocycles. The highest BCUT2D eigenvalue weighted by molar-refractivity contribution is 9.10. The van der Waals surface area contributed by atoms with E-state index in [4.69, 9.17) is 4.98 Å². The van der Waals surface area contributed by atoms with Crippen molar-refractivity contribution in [1.29, 1.82) is 0 Å². The van der Waals surface area contributed by atoms with Crippen molar-refractivity contribution in [1.82, 2.24) is 34.5 Å². The molecular formula is C28H30BrN7O. The van der Waals surface area contributed by atoms with Gasteiger partial charge in [0.25, 0.3) is 0 Å². The quantitative estimate of drug-likeness (QED) is 0.351. The van der Waals surface area contributed by atoms with Gasteiger partial charge in [0.15, 0.2) is 5.82 Å². The fraction of sp³-hybridized carbons (Fsp3) is 0.393. The van der Waals surface area contributed by atoms with Crippen molar-refractivity contribution in [2.45, 2.75) is 38.3 Å². The number of likely N-dealkylation sites (tertiary alicyclic amines) is 2. The molecule has 0 bridgehead atoms. The number of piperidine rings is 2. The number of hydrogen-bond acceptors (Lipinski definition) is 6. The Bertz CT molecular complexity index is 1360. The van der Waals surface area contributed by atoms with E-state index in [0.29, 0.717) is 5.91 Å². The smallest absolute Gasteiger partial charge is 0.225 e. The lowest BCUT2D eigenvalue weighted by atomic mass is 9.93. The summed E-state index contributed by atoms with van der Waals surface area (Å²) in [7, 11) is 0. The van der Waals surface area contributed by atoms with Gasteiger partial charge in [-0.1, -0.05) is 22.0 Å². The van der Waals surface area contributed by atoms with Crippen LogP contribution in [0.1, 0.15) is 37.3 Å². The van der Waals surface area contributed by atoms with Crippen molar-refractivity contribution in [3.05, 3.63) is 71.1 Å². The van der Waals surface area contributed by atoms with Crippen LogP contribution in [0.2, 0.25) is 0 Å². The van der Waals surface area contributed by atoms with E-state index in [0.717, 1.165) is 85.4 Å². The maximum atomic E-state index is 13.4. The summed E-state index contributed by atoms with van der Waals surface area (Å²) in [6.45, 7) is 4.32. The molecule has 9 heteroatoms. The molecular weight excluding hydrogens is 530 g/mol. The summed E-state index contributed by atoms with van der Waals surface area (Å²) in [4.78, 5) is 27.5. The number of carbonyl (C=O) groups is 1. The molecule has 2 aliphatic rings. The second-order valence-electron chi connectivity index (χ2n) is 10.0. The molecule has 190 valence electrons. The number of imidazole rings is 1. The van der Waals surface area contributed by atoms with Crippen LogP contribution in [0, 0.1) is 5.92 Å². The molecule has 2 aliphatic heterocycles. The van der Waals surface area contributed by atoms with Gasteiger partial charge < -0.3 is 9.47 Å². The largest absolute Gasteiger partial charge is 0.342 e. The zero-order valence-corrected chi connectivity index (χ0v) is 22.3. The van der Waals surface area contributed by atoms with Crippen LogP contribution in [0.15, 0.2) is 65.5 Å². The Balaban J connectivity index is 1.12. The van der Waals surface area contributed by atoms with Crippen LogP contribution in [0.25, 0.3) is 22.6 Å². The Hall–Kier alpha value is -3.17. The Labute approximate surface area is 224 Å². The SMILES string of the molecule is O=C(C1CCN(Cc2ccnnc2)CC1)N1CCC(n2c(-c3ccccn3)nc3cc(Br)ccc32)CC1. The lowest BCUT2D eigenvalue weighted by Gasteiger charge is -2.38. The molecule has 3 aromatic heterocycles. The minimum atomic E-state index is 0.124. The summed E-state index contributed by atoms with van der Waals surface area (Å²) < 4.78 is 3.36. The minimum Gasteiger partial charge on any atom is -0.342 e. The molecule has 0 saturated carbocycles. The van der Waals surface area contributed by atoms with Gasteiger partial charge in [0, 0.05) is 48.5 Å². The molecule has 0 atom stereocenters. The van der Waals surface area contributed by atoms with E-state index in [9.17, 15) is 4.79 Å². The maximum absolute atomic E-state index is 13.4. The lowest BCUT2D eigenvalue weighted by molar-refractivity contribution is -0.138. The van der Waals surface area contributed by atoms with Gasteiger partial charge in [-0.15, -0.1) is 0 Å². The van der Waals surface area contributed by atoms with E-state index < -0.39 is 0 Å². The molecule has 8 nitrogen and oxygen atoms in total. The molecule has 0 unspecified atom stereocenters. The highest BCUT2D eigenvalue weighted by Crippen LogP contribution is 2.34. The van der Waals surface area contributed by atoms with Crippen molar-refractivity contribution >= 4 is 32.9 Å². The van der Waals surface area contributed by atoms with Crippen LogP contribution in [0.4, 0.5) is 0 Å². The van der Waals surface area contributed by atoms with Gasteiger partial charge >= 0.3 is 0 Å². The first-order chi connectivity index (χ1) is 18.2. The van der Waals surface area contributed by atoms with Crippen LogP contribution < -0.4 is 0 Å². The van der Waals surface area contributed by atoms with Gasteiger partial charge in [0.2, 0.25) is 5.91 Å². The summed E-state index contributed by atoms with van der Waals surface area (Å²) in [6, 6.07) is 14.5. The number of halogens is 1. The van der Waals surface area contributed by atoms with Crippen LogP contribution in [-0.4, -0.2) is 66.6 Å². The number of rotatable bonds is 5. The Morgan fingerprint density at radius 2 is 1.78 bits per heavy atom. The number of amides is 1. The average molecular weight is 560 g/mol. The highest BCUT2D eigenvalue weighted by Gasteiger charge is 2.32. The fourth-order valence-corrected chi connectivity index (χ4v) is 6.08. The van der Waals surface area contributed by atoms with E-state index in [2.05, 4.69) is 63.7 Å². The molecule has 0 aliphatic carbocycles. The number of fused-ring (bicyclic) bond motifs is 1. The highest BCUT2D eigenvalue weighted by atomic mass is 79.9. The van der Waals surface area contributed by atoms with Crippen LogP contribution in [-0.2, 0) is 11.3 Å². The van der Waals surface area contributed by atoms with E-state index >= 15 is 0 Å². The van der Waals surface area contributed by atoms with Crippen molar-refractivity contribution in [2.24, 2.45) is 5.92 Å². The van der Waals surface area contributed by atoms with E-state index in [1.165, 1.54) is 5.56 Å². The molecule has 4 aromatic rings. The zero-order valence-electron chi connectivity index (χ0n) is 20.7. The molecule has 0 radical (unpaired) electrons. The van der Waals surface area contributed by atoms with Crippen LogP contribution >= 0.6 is 15.9 Å². The average Bonchev–Trinajstić information content (AvgIpc) is 3.33. The normalized spacial score (nSPS) is 17.9. The number of carbonyl (C=O) groups excluding carboxylic acids is 1. The minimum absolute atomic E-state index is 0.124. The summed E-state index contributed by atoms with van der Waals surface area (Å²) in [5.74, 6) is 1.35. The third-order valence-corrected chi connectivity index (χ3v) is 8.17. The molecule has 37 heavy (non-hydrogen) atoms. The van der Waals surface area contributed by atoms with Crippen LogP contribution in [0.3, 0.4) is 0 Å². The van der Waals surface area contributed by atoms with E-state index in [1.807, 2.05) is 36.7 Å². The van der Waals surface area contributed by atoms with Gasteiger partial charge in [-0.3, -0.25) is 14.7 Å². The first kappa shape index (κ1) is 24.2. The van der Waals surface area contributed by atoms with Crippen LogP contribution in [0.5, 0.6) is 0 Å². The number of benzene rings is 1. The summed E-state index contributed by atoms with van der Waals surface area (Å²) in [5.41, 5.74) is 4.13. The van der Waals surface area contributed by atoms with Gasteiger partial charge in [0.1, 0.15) is 5.69 Å². The second-order valence-corrected chi connectivity index (χ2v) is 10.9. The maximum Gasteiger partial charge on any atom is 0.225 e. The predicted octanol–water partition coefficient (Wildman–Crippen LogP) is 4.73. The van der Waals surface area contributed by atoms with Crippen molar-refractivity contribution in [3.63, 3.8) is 0 Å². The van der Waals surface area contributed by atoms with Crippen molar-refractivity contribution in [3.8, 4) is 11.5 Å². The van der Waals surface area contributed by atoms with Gasteiger partial charge in [0.05, 0.1) is 17.2 Å². The molecule has 5 heterocycles. The first-order valence-corrected chi connectivity index (χ1v) is 13.8. The number of aromatic nitrogens is 5. The van der Waals surface area contributed by atoms with E-state index in [1.54, 1.807) is 6.20 Å². The molecule has 0 N–H and O–H groups in total. The number of nitrogens with zero attached hydrogens (tertiary/aromatic N) is 7. The van der Waals surface area contributed by atoms with Gasteiger partial charge in [-0.2, -0.15) is 10.2 Å². The monoisotopic (exact) mass is 559 g/mol. The fourth-order valence-electron chi connectivity index (χ4n) is 5.73. The molecule has 2 saturated heterocycles. The first-order valence-electron chi connectivity index (χ1n) is 13.0. The van der Waals surface area contributed by atoms with Gasteiger partial charge in [-0.25, -0.2) is 4.98 Å². The lowest BCUT2D eigenvalue weighted by Crippen LogP contribution is -2.45. The third-order valence-electron chi connectivity index (χ3n) is 7.68. The molecule has 2 fully saturated rings. The molecule has 1 amide bonds. The standard InChI is InChI=1S/C28H30BrN7O/c29-22-4-5-26-25(17-22)33-27(24-3-1-2-11-30-24)36(26)23-9-15-35(16-10-23)28(37)21-7-13-34(14-8-21)19-20-6-12-31-32-18-20/h1-6,11-12,17-18,21,23H,7-10,13-16,19H2. The second kappa shape index (κ2) is 10.7. The predicted molar refractivity (Wildman–Crippen MR) is 146 cm³/mol. The Morgan fingerprint density at radius 3 is 2.51 bits per heavy atom. The molecule has 0 spiro atoms. The number of hydrogen-bond donors (Lipinski definition) is 0. The Morgan fingerprint density at radius 1 is 0.946 bits per heavy atom. The van der Waals surface area contributed by atoms with Crippen molar-refractivity contribution in [2.75, 3.05) is 26.2 Å².